The SMILES string of the molecule is CN1[C@@H]2COC[C@H]1CC(OC(=O)c1cn(CC(F)F)c3ccc(F)cc13)C2. The number of ether oxygens (including phenoxy) is 2. The number of hydrogen-bond donors (Lipinski definition) is 0. The maximum absolute atomic E-state index is 13.7. The molecular weight excluding hydrogens is 361 g/mol. The number of carbonyl (C=O) groups excluding carboxylic acids is 1. The Labute approximate surface area is 154 Å². The van der Waals surface area contributed by atoms with E-state index in [9.17, 15) is 18.0 Å². The molecule has 0 amide bonds. The van der Waals surface area contributed by atoms with E-state index in [0.717, 1.165) is 0 Å². The normalized spacial score (nSPS) is 25.9. The number of hydrogen-bond acceptors (Lipinski definition) is 4. The fourth-order valence-corrected chi connectivity index (χ4v) is 4.09. The van der Waals surface area contributed by atoms with Crippen LogP contribution in [0, 0.1) is 5.82 Å². The molecule has 27 heavy (non-hydrogen) atoms. The fourth-order valence-electron chi connectivity index (χ4n) is 4.09. The maximum Gasteiger partial charge on any atom is 0.340 e. The zero-order valence-electron chi connectivity index (χ0n) is 14.9. The minimum atomic E-state index is -2.58. The van der Waals surface area contributed by atoms with Crippen LogP contribution in [0.4, 0.5) is 13.2 Å². The largest absolute Gasteiger partial charge is 0.459 e. The molecule has 1 aromatic heterocycles. The molecule has 0 N–H and O–H groups in total. The number of rotatable bonds is 4. The lowest BCUT2D eigenvalue weighted by Gasteiger charge is -2.46. The molecular formula is C19H21F3N2O3. The van der Waals surface area contributed by atoms with Crippen LogP contribution in [0.15, 0.2) is 24.4 Å². The molecule has 2 aliphatic rings. The molecule has 4 rings (SSSR count). The van der Waals surface area contributed by atoms with E-state index in [4.69, 9.17) is 9.47 Å². The molecule has 3 atom stereocenters. The first-order chi connectivity index (χ1) is 12.9. The molecule has 2 bridgehead atoms. The molecule has 0 spiro atoms. The Balaban J connectivity index is 1.58. The smallest absolute Gasteiger partial charge is 0.340 e. The van der Waals surface area contributed by atoms with E-state index in [0.29, 0.717) is 31.6 Å². The number of benzene rings is 1. The summed E-state index contributed by atoms with van der Waals surface area (Å²) in [5.41, 5.74) is 0.503. The highest BCUT2D eigenvalue weighted by Crippen LogP contribution is 2.30. The Morgan fingerprint density at radius 3 is 2.67 bits per heavy atom. The second-order valence-electron chi connectivity index (χ2n) is 7.26. The van der Waals surface area contributed by atoms with Gasteiger partial charge < -0.3 is 14.0 Å². The summed E-state index contributed by atoms with van der Waals surface area (Å²) in [4.78, 5) is 15.0. The van der Waals surface area contributed by atoms with Crippen molar-refractivity contribution in [3.63, 3.8) is 0 Å². The van der Waals surface area contributed by atoms with E-state index in [1.807, 2.05) is 7.05 Å². The van der Waals surface area contributed by atoms with Gasteiger partial charge in [0.1, 0.15) is 11.9 Å². The van der Waals surface area contributed by atoms with Gasteiger partial charge in [-0.15, -0.1) is 0 Å². The third kappa shape index (κ3) is 3.55. The third-order valence-corrected chi connectivity index (χ3v) is 5.51. The predicted octanol–water partition coefficient (Wildman–Crippen LogP) is 3.06. The predicted molar refractivity (Wildman–Crippen MR) is 92.5 cm³/mol. The molecule has 0 radical (unpaired) electrons. The number of likely N-dealkylation sites (N-methyl/N-ethyl adjacent to an activating group) is 1. The summed E-state index contributed by atoms with van der Waals surface area (Å²) < 4.78 is 51.9. The summed E-state index contributed by atoms with van der Waals surface area (Å²) in [6.07, 6.45) is -0.208. The first-order valence-electron chi connectivity index (χ1n) is 8.99. The van der Waals surface area contributed by atoms with Crippen molar-refractivity contribution >= 4 is 16.9 Å². The van der Waals surface area contributed by atoms with Crippen molar-refractivity contribution in [1.82, 2.24) is 9.47 Å². The maximum atomic E-state index is 13.7. The molecule has 146 valence electrons. The van der Waals surface area contributed by atoms with Crippen molar-refractivity contribution in [2.45, 2.75) is 44.0 Å². The van der Waals surface area contributed by atoms with Crippen LogP contribution < -0.4 is 0 Å². The van der Waals surface area contributed by atoms with Crippen molar-refractivity contribution in [3.8, 4) is 0 Å². The third-order valence-electron chi connectivity index (χ3n) is 5.51. The van der Waals surface area contributed by atoms with Crippen LogP contribution in [0.25, 0.3) is 10.9 Å². The number of piperidine rings is 1. The Kier molecular flexibility index (Phi) is 4.86. The molecule has 3 heterocycles. The minimum Gasteiger partial charge on any atom is -0.459 e. The number of aromatic nitrogens is 1. The monoisotopic (exact) mass is 382 g/mol. The highest BCUT2D eigenvalue weighted by molar-refractivity contribution is 6.04. The highest BCUT2D eigenvalue weighted by atomic mass is 19.3. The van der Waals surface area contributed by atoms with Gasteiger partial charge >= 0.3 is 5.97 Å². The van der Waals surface area contributed by atoms with E-state index < -0.39 is 24.8 Å². The topological polar surface area (TPSA) is 43.7 Å². The van der Waals surface area contributed by atoms with Gasteiger partial charge in [0.15, 0.2) is 0 Å². The van der Waals surface area contributed by atoms with Gasteiger partial charge in [0, 0.05) is 42.0 Å². The van der Waals surface area contributed by atoms with E-state index in [-0.39, 0.29) is 29.1 Å². The van der Waals surface area contributed by atoms with Crippen molar-refractivity contribution < 1.29 is 27.4 Å². The first-order valence-corrected chi connectivity index (χ1v) is 8.99. The van der Waals surface area contributed by atoms with Gasteiger partial charge in [-0.25, -0.2) is 18.0 Å². The fraction of sp³-hybridized carbons (Fsp3) is 0.526. The summed E-state index contributed by atoms with van der Waals surface area (Å²) in [7, 11) is 2.04. The van der Waals surface area contributed by atoms with Crippen LogP contribution in [0.2, 0.25) is 0 Å². The Hall–Kier alpha value is -2.06. The number of morpholine rings is 1. The number of fused-ring (bicyclic) bond motifs is 3. The van der Waals surface area contributed by atoms with Gasteiger partial charge in [0.2, 0.25) is 0 Å². The second-order valence-corrected chi connectivity index (χ2v) is 7.26. The average molecular weight is 382 g/mol. The van der Waals surface area contributed by atoms with E-state index >= 15 is 0 Å². The average Bonchev–Trinajstić information content (AvgIpc) is 2.93. The number of halogens is 3. The van der Waals surface area contributed by atoms with E-state index in [1.165, 1.54) is 29.0 Å². The van der Waals surface area contributed by atoms with Gasteiger partial charge in [-0.1, -0.05) is 0 Å². The van der Waals surface area contributed by atoms with Crippen LogP contribution in [0.5, 0.6) is 0 Å². The summed E-state index contributed by atoms with van der Waals surface area (Å²) >= 11 is 0. The minimum absolute atomic E-state index is 0.116. The molecule has 1 aromatic carbocycles. The van der Waals surface area contributed by atoms with E-state index in [2.05, 4.69) is 4.90 Å². The van der Waals surface area contributed by atoms with Gasteiger partial charge in [0.05, 0.1) is 25.3 Å². The van der Waals surface area contributed by atoms with Gasteiger partial charge in [-0.3, -0.25) is 4.90 Å². The van der Waals surface area contributed by atoms with Crippen LogP contribution in [-0.4, -0.2) is 60.3 Å². The van der Waals surface area contributed by atoms with Crippen LogP contribution >= 0.6 is 0 Å². The van der Waals surface area contributed by atoms with Crippen LogP contribution in [0.3, 0.4) is 0 Å². The molecule has 5 nitrogen and oxygen atoms in total. The van der Waals surface area contributed by atoms with Gasteiger partial charge in [0.25, 0.3) is 6.43 Å². The Morgan fingerprint density at radius 2 is 2.00 bits per heavy atom. The molecule has 0 aliphatic carbocycles. The zero-order valence-corrected chi connectivity index (χ0v) is 14.9. The van der Waals surface area contributed by atoms with Gasteiger partial charge in [-0.2, -0.15) is 0 Å². The zero-order chi connectivity index (χ0) is 19.1. The van der Waals surface area contributed by atoms with Crippen LogP contribution in [0.1, 0.15) is 23.2 Å². The quantitative estimate of drug-likeness (QED) is 0.763. The summed E-state index contributed by atoms with van der Waals surface area (Å²) in [6.45, 7) is 0.630. The lowest BCUT2D eigenvalue weighted by molar-refractivity contribution is -0.0970. The molecule has 2 saturated heterocycles. The Morgan fingerprint density at radius 1 is 1.30 bits per heavy atom. The second kappa shape index (κ2) is 7.16. The summed E-state index contributed by atoms with van der Waals surface area (Å²) in [5, 5.41) is 0.289. The molecule has 1 unspecified atom stereocenters. The van der Waals surface area contributed by atoms with Crippen molar-refractivity contribution in [1.29, 1.82) is 0 Å². The number of alkyl halides is 2. The highest BCUT2D eigenvalue weighted by Gasteiger charge is 2.38. The molecule has 2 aromatic rings. The Bertz CT molecular complexity index is 840. The standard InChI is InChI=1S/C19H21F3N2O3/c1-23-12-5-14(6-13(23)10-26-9-12)27-19(25)16-7-24(8-18(21)22)17-3-2-11(20)4-15(16)17/h2-4,7,12-14,18H,5-6,8-10H2,1H3/t12-,13+,14?. The lowest BCUT2D eigenvalue weighted by atomic mass is 9.92. The molecule has 2 fully saturated rings. The molecule has 2 aliphatic heterocycles. The lowest BCUT2D eigenvalue weighted by Crippen LogP contribution is -2.56. The molecule has 8 heteroatoms. The number of nitrogens with zero attached hydrogens (tertiary/aromatic N) is 2. The molecule has 0 saturated carbocycles. The summed E-state index contributed by atoms with van der Waals surface area (Å²) in [5.74, 6) is -1.13. The van der Waals surface area contributed by atoms with E-state index in [1.54, 1.807) is 0 Å². The summed E-state index contributed by atoms with van der Waals surface area (Å²) in [6, 6.07) is 4.16. The van der Waals surface area contributed by atoms with Crippen molar-refractivity contribution in [2.24, 2.45) is 0 Å². The number of carbonyl (C=O) groups is 1. The first kappa shape index (κ1) is 18.3. The van der Waals surface area contributed by atoms with Crippen LogP contribution in [-0.2, 0) is 16.0 Å². The number of esters is 1. The van der Waals surface area contributed by atoms with Gasteiger partial charge in [-0.05, 0) is 25.2 Å². The van der Waals surface area contributed by atoms with Crippen molar-refractivity contribution in [2.75, 3.05) is 20.3 Å². The van der Waals surface area contributed by atoms with Crippen molar-refractivity contribution in [3.05, 3.63) is 35.8 Å².